The summed E-state index contributed by atoms with van der Waals surface area (Å²) < 4.78 is 9.97. The number of ether oxygens (including phenoxy) is 2. The molecular weight excluding hydrogens is 248 g/mol. The van der Waals surface area contributed by atoms with Gasteiger partial charge in [0.25, 0.3) is 0 Å². The van der Waals surface area contributed by atoms with E-state index in [0.29, 0.717) is 12.1 Å². The van der Waals surface area contributed by atoms with Crippen LogP contribution in [0.5, 0.6) is 0 Å². The van der Waals surface area contributed by atoms with Crippen LogP contribution in [0.1, 0.15) is 12.8 Å². The highest BCUT2D eigenvalue weighted by atomic mass is 16.5. The first-order valence-corrected chi connectivity index (χ1v) is 5.71. The molecule has 6 N–H and O–H groups in total. The van der Waals surface area contributed by atoms with Gasteiger partial charge in [-0.15, -0.1) is 0 Å². The molecule has 19 heavy (non-hydrogen) atoms. The van der Waals surface area contributed by atoms with Gasteiger partial charge in [0.15, 0.2) is 0 Å². The Kier molecular flexibility index (Phi) is 10.7. The zero-order chi connectivity index (χ0) is 14.3. The van der Waals surface area contributed by atoms with Gasteiger partial charge in [-0.05, 0) is 12.2 Å². The zero-order valence-electron chi connectivity index (χ0n) is 10.7. The van der Waals surface area contributed by atoms with E-state index in [1.54, 1.807) is 18.2 Å². The third kappa shape index (κ3) is 12.0. The fourth-order valence-corrected chi connectivity index (χ4v) is 0.965. The van der Waals surface area contributed by atoms with Gasteiger partial charge < -0.3 is 26.0 Å². The summed E-state index contributed by atoms with van der Waals surface area (Å²) >= 11 is 0. The maximum atomic E-state index is 11.2. The summed E-state index contributed by atoms with van der Waals surface area (Å²) in [5.74, 6) is 4.68. The molecule has 106 valence electrons. The number of rotatable bonds is 10. The summed E-state index contributed by atoms with van der Waals surface area (Å²) in [5, 5.41) is 6.72. The Morgan fingerprint density at radius 3 is 2.68 bits per heavy atom. The number of carbonyl (C=O) groups is 1. The monoisotopic (exact) mass is 268 g/mol. The first kappa shape index (κ1) is 16.7. The van der Waals surface area contributed by atoms with Crippen molar-refractivity contribution in [2.24, 2.45) is 11.6 Å². The van der Waals surface area contributed by atoms with E-state index in [1.807, 2.05) is 0 Å². The van der Waals surface area contributed by atoms with Gasteiger partial charge >= 0.3 is 5.97 Å². The molecule has 0 aliphatic rings. The molecule has 7 nitrogen and oxygen atoms in total. The maximum Gasteiger partial charge on any atom is 0.309 e. The lowest BCUT2D eigenvalue weighted by molar-refractivity contribution is -0.144. The normalized spacial score (nSPS) is 11.7. The molecule has 0 aromatic carbocycles. The third-order valence-electron chi connectivity index (χ3n) is 1.84. The number of allylic oxidation sites excluding steroid dienone is 3. The van der Waals surface area contributed by atoms with Crippen LogP contribution in [0, 0.1) is 5.41 Å². The smallest absolute Gasteiger partial charge is 0.309 e. The zero-order valence-corrected chi connectivity index (χ0v) is 10.7. The van der Waals surface area contributed by atoms with Crippen molar-refractivity contribution in [1.29, 1.82) is 5.41 Å². The highest BCUT2D eigenvalue weighted by Crippen LogP contribution is 1.95. The second kappa shape index (κ2) is 12.2. The molecular formula is C12H20N4O3. The van der Waals surface area contributed by atoms with Crippen molar-refractivity contribution >= 4 is 12.2 Å². The molecule has 0 saturated heterocycles. The summed E-state index contributed by atoms with van der Waals surface area (Å²) in [7, 11) is 0. The van der Waals surface area contributed by atoms with Crippen LogP contribution >= 0.6 is 0 Å². The van der Waals surface area contributed by atoms with Crippen molar-refractivity contribution < 1.29 is 14.3 Å². The molecule has 0 atom stereocenters. The lowest BCUT2D eigenvalue weighted by atomic mass is 10.3. The summed E-state index contributed by atoms with van der Waals surface area (Å²) in [6.07, 6.45) is 9.44. The minimum atomic E-state index is -0.350. The quantitative estimate of drug-likeness (QED) is 0.0859. The molecule has 0 rings (SSSR count). The Balaban J connectivity index is 3.55. The largest absolute Gasteiger partial charge is 0.501 e. The van der Waals surface area contributed by atoms with Gasteiger partial charge in [0, 0.05) is 24.5 Å². The summed E-state index contributed by atoms with van der Waals surface area (Å²) in [5.41, 5.74) is 8.32. The molecule has 0 aromatic heterocycles. The van der Waals surface area contributed by atoms with Crippen molar-refractivity contribution in [2.75, 3.05) is 13.2 Å². The minimum Gasteiger partial charge on any atom is -0.501 e. The highest BCUT2D eigenvalue weighted by Gasteiger charge is 2.02. The Morgan fingerprint density at radius 1 is 1.21 bits per heavy atom. The number of hydrogen-bond acceptors (Lipinski definition) is 7. The van der Waals surface area contributed by atoms with Crippen LogP contribution in [0.4, 0.5) is 0 Å². The summed E-state index contributed by atoms with van der Waals surface area (Å²) in [6, 6.07) is 0. The van der Waals surface area contributed by atoms with E-state index in [2.05, 4.69) is 5.43 Å². The maximum absolute atomic E-state index is 11.2. The predicted molar refractivity (Wildman–Crippen MR) is 72.8 cm³/mol. The molecule has 7 heteroatoms. The lowest BCUT2D eigenvalue weighted by Crippen LogP contribution is -2.17. The lowest BCUT2D eigenvalue weighted by Gasteiger charge is -2.05. The number of hydrazine groups is 1. The second-order valence-electron chi connectivity index (χ2n) is 3.36. The molecule has 0 heterocycles. The van der Waals surface area contributed by atoms with Crippen LogP contribution in [-0.4, -0.2) is 25.4 Å². The highest BCUT2D eigenvalue weighted by molar-refractivity contribution is 5.69. The van der Waals surface area contributed by atoms with Crippen molar-refractivity contribution in [3.63, 3.8) is 0 Å². The molecule has 0 radical (unpaired) electrons. The van der Waals surface area contributed by atoms with Gasteiger partial charge in [0.2, 0.25) is 0 Å². The van der Waals surface area contributed by atoms with Gasteiger partial charge in [0.05, 0.1) is 25.9 Å². The molecule has 0 bridgehead atoms. The molecule has 0 saturated carbocycles. The van der Waals surface area contributed by atoms with Gasteiger partial charge in [-0.25, -0.2) is 0 Å². The van der Waals surface area contributed by atoms with E-state index in [9.17, 15) is 4.79 Å². The van der Waals surface area contributed by atoms with E-state index in [1.165, 1.54) is 12.5 Å². The molecule has 0 spiro atoms. The molecule has 0 unspecified atom stereocenters. The van der Waals surface area contributed by atoms with E-state index in [4.69, 9.17) is 26.5 Å². The van der Waals surface area contributed by atoms with E-state index >= 15 is 0 Å². The predicted octanol–water partition coefficient (Wildman–Crippen LogP) is 0.309. The van der Waals surface area contributed by atoms with Crippen molar-refractivity contribution in [1.82, 2.24) is 5.43 Å². The molecule has 0 aliphatic heterocycles. The Morgan fingerprint density at radius 2 is 2.00 bits per heavy atom. The average Bonchev–Trinajstić information content (AvgIpc) is 2.38. The van der Waals surface area contributed by atoms with Gasteiger partial charge in [-0.2, -0.15) is 0 Å². The number of esters is 1. The van der Waals surface area contributed by atoms with Crippen LogP contribution in [0.2, 0.25) is 0 Å². The Labute approximate surface area is 112 Å². The van der Waals surface area contributed by atoms with E-state index in [-0.39, 0.29) is 25.6 Å². The minimum absolute atomic E-state index is 0.164. The fourth-order valence-electron chi connectivity index (χ4n) is 0.965. The third-order valence-corrected chi connectivity index (χ3v) is 1.84. The molecule has 0 amide bonds. The van der Waals surface area contributed by atoms with Crippen molar-refractivity contribution in [3.05, 3.63) is 36.4 Å². The van der Waals surface area contributed by atoms with Crippen LogP contribution in [0.3, 0.4) is 0 Å². The SMILES string of the molecule is N=C/C=C\C=C/OCCC(=O)OCC/C(N)=C/NN. The molecule has 0 aromatic rings. The number of carbonyl (C=O) groups excluding carboxylic acids is 1. The number of hydrogen-bond donors (Lipinski definition) is 4. The molecule has 0 aliphatic carbocycles. The van der Waals surface area contributed by atoms with Crippen molar-refractivity contribution in [2.45, 2.75) is 12.8 Å². The average molecular weight is 268 g/mol. The first-order valence-electron chi connectivity index (χ1n) is 5.71. The number of nitrogens with two attached hydrogens (primary N) is 2. The van der Waals surface area contributed by atoms with Gasteiger partial charge in [-0.1, -0.05) is 6.08 Å². The Bertz CT molecular complexity index is 351. The first-order chi connectivity index (χ1) is 9.20. The fraction of sp³-hybridized carbons (Fsp3) is 0.333. The van der Waals surface area contributed by atoms with Crippen LogP contribution in [-0.2, 0) is 14.3 Å². The standard InChI is InChI=1S/C12H20N4O3/c13-6-2-1-3-7-18-8-5-12(17)19-9-4-11(14)10-16-15/h1-3,6-7,10,13,16H,4-5,8-9,14-15H2/b2-1-,7-3-,11-10-,13-6?. The van der Waals surface area contributed by atoms with Crippen molar-refractivity contribution in [3.8, 4) is 0 Å². The second-order valence-corrected chi connectivity index (χ2v) is 3.36. The van der Waals surface area contributed by atoms with Crippen LogP contribution in [0.25, 0.3) is 0 Å². The van der Waals surface area contributed by atoms with E-state index < -0.39 is 0 Å². The summed E-state index contributed by atoms with van der Waals surface area (Å²) in [4.78, 5) is 11.2. The summed E-state index contributed by atoms with van der Waals surface area (Å²) in [6.45, 7) is 0.449. The van der Waals surface area contributed by atoms with Gasteiger partial charge in [-0.3, -0.25) is 10.6 Å². The molecule has 0 fully saturated rings. The number of nitrogens with one attached hydrogen (secondary N) is 2. The van der Waals surface area contributed by atoms with Crippen LogP contribution < -0.4 is 17.0 Å². The van der Waals surface area contributed by atoms with E-state index in [0.717, 1.165) is 6.21 Å². The van der Waals surface area contributed by atoms with Crippen LogP contribution in [0.15, 0.2) is 36.4 Å². The topological polar surface area (TPSA) is 123 Å². The Hall–Kier alpha value is -2.28. The van der Waals surface area contributed by atoms with Gasteiger partial charge in [0.1, 0.15) is 0 Å².